The predicted octanol–water partition coefficient (Wildman–Crippen LogP) is 3.86. The van der Waals surface area contributed by atoms with Gasteiger partial charge in [0, 0.05) is 12.6 Å². The summed E-state index contributed by atoms with van der Waals surface area (Å²) in [6.45, 7) is 8.86. The van der Waals surface area contributed by atoms with Crippen molar-refractivity contribution in [2.45, 2.75) is 58.2 Å². The highest BCUT2D eigenvalue weighted by Gasteiger charge is 2.24. The molecule has 0 aromatic heterocycles. The van der Waals surface area contributed by atoms with Gasteiger partial charge in [0.1, 0.15) is 5.75 Å². The second-order valence-corrected chi connectivity index (χ2v) is 7.22. The molecule has 1 N–H and O–H groups in total. The Kier molecular flexibility index (Phi) is 7.19. The number of halogens is 1. The highest BCUT2D eigenvalue weighted by atomic mass is 35.5. The Balaban J connectivity index is 0.00000192. The number of ether oxygens (including phenoxy) is 1. The lowest BCUT2D eigenvalue weighted by atomic mass is 10.0. The van der Waals surface area contributed by atoms with E-state index in [1.165, 1.54) is 50.9 Å². The molecule has 4 heteroatoms. The quantitative estimate of drug-likeness (QED) is 0.817. The molecular formula is C19H31ClN2O. The Bertz CT molecular complexity index is 468. The zero-order chi connectivity index (χ0) is 15.4. The Morgan fingerprint density at radius 2 is 1.91 bits per heavy atom. The summed E-state index contributed by atoms with van der Waals surface area (Å²) in [5, 5.41) is 3.75. The van der Waals surface area contributed by atoms with Gasteiger partial charge in [0.25, 0.3) is 0 Å². The molecule has 3 rings (SSSR count). The number of nitrogens with zero attached hydrogens (tertiary/aromatic N) is 1. The third-order valence-electron chi connectivity index (χ3n) is 4.66. The first-order valence-electron chi connectivity index (χ1n) is 8.90. The molecule has 1 aromatic rings. The molecule has 0 amide bonds. The van der Waals surface area contributed by atoms with Crippen molar-refractivity contribution in [2.24, 2.45) is 5.92 Å². The number of nitrogens with one attached hydrogen (secondary N) is 1. The fraction of sp³-hybridized carbons (Fsp3) is 0.684. The van der Waals surface area contributed by atoms with Crippen LogP contribution in [0.15, 0.2) is 24.3 Å². The van der Waals surface area contributed by atoms with Gasteiger partial charge in [0.05, 0.1) is 6.10 Å². The fourth-order valence-corrected chi connectivity index (χ4v) is 3.20. The average Bonchev–Trinajstić information content (AvgIpc) is 3.30. The van der Waals surface area contributed by atoms with Gasteiger partial charge in [0.15, 0.2) is 0 Å². The van der Waals surface area contributed by atoms with E-state index < -0.39 is 0 Å². The molecule has 1 aliphatic carbocycles. The monoisotopic (exact) mass is 338 g/mol. The van der Waals surface area contributed by atoms with Gasteiger partial charge in [-0.1, -0.05) is 12.1 Å². The summed E-state index contributed by atoms with van der Waals surface area (Å²) in [5.41, 5.74) is 1.36. The zero-order valence-electron chi connectivity index (χ0n) is 14.5. The second-order valence-electron chi connectivity index (χ2n) is 7.22. The van der Waals surface area contributed by atoms with Gasteiger partial charge in [-0.15, -0.1) is 12.4 Å². The van der Waals surface area contributed by atoms with Crippen molar-refractivity contribution in [1.82, 2.24) is 10.2 Å². The van der Waals surface area contributed by atoms with Gasteiger partial charge in [-0.25, -0.2) is 0 Å². The van der Waals surface area contributed by atoms with Crippen molar-refractivity contribution < 1.29 is 4.74 Å². The van der Waals surface area contributed by atoms with E-state index in [9.17, 15) is 0 Å². The van der Waals surface area contributed by atoms with Crippen molar-refractivity contribution in [3.05, 3.63) is 29.8 Å². The molecule has 1 saturated carbocycles. The Morgan fingerprint density at radius 1 is 1.17 bits per heavy atom. The number of hydrogen-bond donors (Lipinski definition) is 1. The van der Waals surface area contributed by atoms with Crippen LogP contribution in [0.1, 0.15) is 45.1 Å². The lowest BCUT2D eigenvalue weighted by Gasteiger charge is -2.32. The minimum absolute atomic E-state index is 0. The normalized spacial score (nSPS) is 19.6. The first-order chi connectivity index (χ1) is 10.7. The Labute approximate surface area is 147 Å². The summed E-state index contributed by atoms with van der Waals surface area (Å²) in [4.78, 5) is 2.57. The second kappa shape index (κ2) is 8.91. The summed E-state index contributed by atoms with van der Waals surface area (Å²) in [7, 11) is 0. The van der Waals surface area contributed by atoms with Crippen LogP contribution in [0.25, 0.3) is 0 Å². The van der Waals surface area contributed by atoms with Gasteiger partial charge in [-0.05, 0) is 82.8 Å². The smallest absolute Gasteiger partial charge is 0.120 e. The standard InChI is InChI=1S/C19H30N2O.ClH/c1-15(2)22-19-5-3-4-17(12-19)14-21-10-8-18(9-11-21)20-13-16-6-7-16;/h3-5,12,15-16,18,20H,6-11,13-14H2,1-2H3;1H. The maximum absolute atomic E-state index is 5.79. The van der Waals surface area contributed by atoms with Crippen LogP contribution in [-0.4, -0.2) is 36.7 Å². The van der Waals surface area contributed by atoms with Crippen LogP contribution in [0.2, 0.25) is 0 Å². The van der Waals surface area contributed by atoms with Crippen LogP contribution in [-0.2, 0) is 6.54 Å². The summed E-state index contributed by atoms with van der Waals surface area (Å²) >= 11 is 0. The van der Waals surface area contributed by atoms with Gasteiger partial charge in [0.2, 0.25) is 0 Å². The van der Waals surface area contributed by atoms with E-state index in [4.69, 9.17) is 4.74 Å². The lowest BCUT2D eigenvalue weighted by molar-refractivity contribution is 0.189. The van der Waals surface area contributed by atoms with Crippen LogP contribution in [0.3, 0.4) is 0 Å². The molecule has 1 aromatic carbocycles. The minimum Gasteiger partial charge on any atom is -0.491 e. The van der Waals surface area contributed by atoms with Crippen LogP contribution in [0, 0.1) is 5.92 Å². The molecule has 0 bridgehead atoms. The number of benzene rings is 1. The van der Waals surface area contributed by atoms with Crippen LogP contribution >= 0.6 is 12.4 Å². The van der Waals surface area contributed by atoms with Gasteiger partial charge >= 0.3 is 0 Å². The topological polar surface area (TPSA) is 24.5 Å². The minimum atomic E-state index is 0. The molecule has 0 spiro atoms. The number of likely N-dealkylation sites (tertiary alicyclic amines) is 1. The average molecular weight is 339 g/mol. The molecule has 23 heavy (non-hydrogen) atoms. The van der Waals surface area contributed by atoms with E-state index in [0.717, 1.165) is 24.3 Å². The highest BCUT2D eigenvalue weighted by molar-refractivity contribution is 5.85. The van der Waals surface area contributed by atoms with Crippen LogP contribution in [0.4, 0.5) is 0 Å². The van der Waals surface area contributed by atoms with Crippen molar-refractivity contribution >= 4 is 12.4 Å². The maximum Gasteiger partial charge on any atom is 0.120 e. The maximum atomic E-state index is 5.79. The molecule has 2 aliphatic rings. The van der Waals surface area contributed by atoms with Gasteiger partial charge in [-0.3, -0.25) is 4.90 Å². The predicted molar refractivity (Wildman–Crippen MR) is 98.5 cm³/mol. The van der Waals surface area contributed by atoms with Crippen molar-refractivity contribution in [3.63, 3.8) is 0 Å². The molecule has 1 aliphatic heterocycles. The third-order valence-corrected chi connectivity index (χ3v) is 4.66. The van der Waals surface area contributed by atoms with Crippen LogP contribution in [0.5, 0.6) is 5.75 Å². The summed E-state index contributed by atoms with van der Waals surface area (Å²) in [6.07, 6.45) is 5.70. The molecule has 0 unspecified atom stereocenters. The SMILES string of the molecule is CC(C)Oc1cccc(CN2CCC(NCC3CC3)CC2)c1.Cl. The van der Waals surface area contributed by atoms with Crippen LogP contribution < -0.4 is 10.1 Å². The first kappa shape index (κ1) is 18.6. The molecule has 0 radical (unpaired) electrons. The molecule has 2 fully saturated rings. The highest BCUT2D eigenvalue weighted by Crippen LogP contribution is 2.28. The van der Waals surface area contributed by atoms with Crippen molar-refractivity contribution in [3.8, 4) is 5.75 Å². The van der Waals surface area contributed by atoms with E-state index >= 15 is 0 Å². The Hall–Kier alpha value is -0.770. The number of rotatable bonds is 7. The van der Waals surface area contributed by atoms with E-state index in [1.807, 2.05) is 0 Å². The molecular weight excluding hydrogens is 308 g/mol. The molecule has 1 heterocycles. The first-order valence-corrected chi connectivity index (χ1v) is 8.90. The Morgan fingerprint density at radius 3 is 2.57 bits per heavy atom. The fourth-order valence-electron chi connectivity index (χ4n) is 3.20. The van der Waals surface area contributed by atoms with Crippen molar-refractivity contribution in [2.75, 3.05) is 19.6 Å². The van der Waals surface area contributed by atoms with E-state index in [1.54, 1.807) is 0 Å². The molecule has 1 saturated heterocycles. The molecule has 0 atom stereocenters. The zero-order valence-corrected chi connectivity index (χ0v) is 15.3. The summed E-state index contributed by atoms with van der Waals surface area (Å²) in [5.74, 6) is 1.98. The third kappa shape index (κ3) is 6.33. The molecule has 130 valence electrons. The van der Waals surface area contributed by atoms with Crippen molar-refractivity contribution in [1.29, 1.82) is 0 Å². The summed E-state index contributed by atoms with van der Waals surface area (Å²) < 4.78 is 5.79. The lowest BCUT2D eigenvalue weighted by Crippen LogP contribution is -2.42. The molecule has 3 nitrogen and oxygen atoms in total. The number of hydrogen-bond acceptors (Lipinski definition) is 3. The summed E-state index contributed by atoms with van der Waals surface area (Å²) in [6, 6.07) is 9.31. The van der Waals surface area contributed by atoms with E-state index in [2.05, 4.69) is 48.3 Å². The largest absolute Gasteiger partial charge is 0.491 e. The van der Waals surface area contributed by atoms with Gasteiger partial charge < -0.3 is 10.1 Å². The van der Waals surface area contributed by atoms with E-state index in [0.29, 0.717) is 0 Å². The van der Waals surface area contributed by atoms with Gasteiger partial charge in [-0.2, -0.15) is 0 Å². The van der Waals surface area contributed by atoms with E-state index in [-0.39, 0.29) is 18.5 Å². The number of piperidine rings is 1.